The number of piperidine rings is 1. The second-order valence-electron chi connectivity index (χ2n) is 7.69. The maximum absolute atomic E-state index is 12.5. The highest BCUT2D eigenvalue weighted by Crippen LogP contribution is 2.58. The van der Waals surface area contributed by atoms with Crippen LogP contribution in [0.2, 0.25) is 0 Å². The summed E-state index contributed by atoms with van der Waals surface area (Å²) in [5, 5.41) is 6.43. The van der Waals surface area contributed by atoms with Crippen LogP contribution in [0, 0.1) is 11.3 Å². The van der Waals surface area contributed by atoms with Crippen LogP contribution in [0.4, 0.5) is 0 Å². The van der Waals surface area contributed by atoms with E-state index in [-0.39, 0.29) is 17.2 Å². The molecule has 1 aromatic carbocycles. The zero-order valence-electron chi connectivity index (χ0n) is 16.9. The van der Waals surface area contributed by atoms with Crippen LogP contribution in [0.3, 0.4) is 0 Å². The summed E-state index contributed by atoms with van der Waals surface area (Å²) >= 11 is 0. The van der Waals surface area contributed by atoms with Crippen molar-refractivity contribution < 1.29 is 19.0 Å². The summed E-state index contributed by atoms with van der Waals surface area (Å²) in [7, 11) is 3.16. The average Bonchev–Trinajstić information content (AvgIpc) is 3.46. The molecule has 1 amide bonds. The van der Waals surface area contributed by atoms with Crippen LogP contribution >= 0.6 is 0 Å². The Kier molecular flexibility index (Phi) is 5.58. The van der Waals surface area contributed by atoms with Gasteiger partial charge < -0.3 is 24.8 Å². The van der Waals surface area contributed by atoms with Gasteiger partial charge in [0.15, 0.2) is 11.5 Å². The highest BCUT2D eigenvalue weighted by atomic mass is 16.5. The number of rotatable bonds is 7. The maximum atomic E-state index is 12.5. The maximum Gasteiger partial charge on any atom is 0.223 e. The van der Waals surface area contributed by atoms with E-state index >= 15 is 0 Å². The topological polar surface area (TPSA) is 81.7 Å². The van der Waals surface area contributed by atoms with Crippen molar-refractivity contribution in [2.24, 2.45) is 11.3 Å². The normalized spacial score (nSPS) is 19.4. The van der Waals surface area contributed by atoms with Crippen LogP contribution in [0.15, 0.2) is 36.5 Å². The number of benzene rings is 1. The lowest BCUT2D eigenvalue weighted by atomic mass is 9.92. The first-order valence-corrected chi connectivity index (χ1v) is 9.97. The van der Waals surface area contributed by atoms with Gasteiger partial charge in [-0.1, -0.05) is 12.1 Å². The van der Waals surface area contributed by atoms with Crippen molar-refractivity contribution in [2.75, 3.05) is 27.3 Å². The summed E-state index contributed by atoms with van der Waals surface area (Å²) in [5.74, 6) is 2.37. The molecule has 0 bridgehead atoms. The summed E-state index contributed by atoms with van der Waals surface area (Å²) < 4.78 is 16.6. The number of ether oxygens (including phenoxy) is 3. The third-order valence-electron chi connectivity index (χ3n) is 5.96. The van der Waals surface area contributed by atoms with E-state index in [9.17, 15) is 4.79 Å². The molecule has 1 aromatic heterocycles. The predicted molar refractivity (Wildman–Crippen MR) is 108 cm³/mol. The van der Waals surface area contributed by atoms with E-state index in [1.54, 1.807) is 38.6 Å². The number of aromatic nitrogens is 1. The largest absolute Gasteiger partial charge is 0.493 e. The number of para-hydroxylation sites is 1. The number of hydrogen-bond acceptors (Lipinski definition) is 6. The van der Waals surface area contributed by atoms with E-state index in [1.807, 2.05) is 12.1 Å². The molecule has 2 N–H and O–H groups in total. The van der Waals surface area contributed by atoms with Gasteiger partial charge in [-0.05, 0) is 55.5 Å². The molecule has 1 aliphatic heterocycles. The predicted octanol–water partition coefficient (Wildman–Crippen LogP) is 2.90. The number of methoxy groups -OCH3 is 2. The standard InChI is InChI=1S/C22H27N3O4/c1-27-17-4-3-5-18(28-2)20(17)29-19-7-6-15(13-24-19)14-25-21(26)16-12-22(16)8-10-23-11-9-22/h3-7,13,16,23H,8-12,14H2,1-2H3,(H,25,26). The van der Waals surface area contributed by atoms with Crippen molar-refractivity contribution in [3.63, 3.8) is 0 Å². The first-order valence-electron chi connectivity index (χ1n) is 9.97. The molecule has 1 saturated carbocycles. The van der Waals surface area contributed by atoms with Crippen LogP contribution < -0.4 is 24.8 Å². The number of amides is 1. The number of carbonyl (C=O) groups is 1. The third-order valence-corrected chi connectivity index (χ3v) is 5.96. The van der Waals surface area contributed by atoms with Crippen LogP contribution in [-0.4, -0.2) is 38.2 Å². The second-order valence-corrected chi connectivity index (χ2v) is 7.69. The summed E-state index contributed by atoms with van der Waals surface area (Å²) in [6.45, 7) is 2.51. The Labute approximate surface area is 170 Å². The Morgan fingerprint density at radius 3 is 2.52 bits per heavy atom. The SMILES string of the molecule is COc1cccc(OC)c1Oc1ccc(CNC(=O)C2CC23CCNCC3)cn1. The summed E-state index contributed by atoms with van der Waals surface area (Å²) in [5.41, 5.74) is 1.18. The molecule has 29 heavy (non-hydrogen) atoms. The van der Waals surface area contributed by atoms with E-state index < -0.39 is 0 Å². The number of hydrogen-bond donors (Lipinski definition) is 2. The molecule has 1 aliphatic carbocycles. The summed E-state index contributed by atoms with van der Waals surface area (Å²) in [6, 6.07) is 9.11. The van der Waals surface area contributed by atoms with Gasteiger partial charge in [-0.25, -0.2) is 4.98 Å². The molecule has 154 valence electrons. The number of nitrogens with one attached hydrogen (secondary N) is 2. The van der Waals surface area contributed by atoms with Gasteiger partial charge in [0.1, 0.15) is 0 Å². The quantitative estimate of drug-likeness (QED) is 0.748. The highest BCUT2D eigenvalue weighted by molar-refractivity contribution is 5.82. The lowest BCUT2D eigenvalue weighted by molar-refractivity contribution is -0.123. The molecule has 0 radical (unpaired) electrons. The van der Waals surface area contributed by atoms with Crippen molar-refractivity contribution in [1.29, 1.82) is 0 Å². The van der Waals surface area contributed by atoms with Crippen molar-refractivity contribution in [2.45, 2.75) is 25.8 Å². The summed E-state index contributed by atoms with van der Waals surface area (Å²) in [4.78, 5) is 16.9. The minimum atomic E-state index is 0.158. The monoisotopic (exact) mass is 397 g/mol. The minimum Gasteiger partial charge on any atom is -0.493 e. The third kappa shape index (κ3) is 4.15. The fraction of sp³-hybridized carbons (Fsp3) is 0.455. The Bertz CT molecular complexity index is 841. The number of pyridine rings is 1. The molecule has 7 heteroatoms. The fourth-order valence-corrected chi connectivity index (χ4v) is 4.11. The molecule has 1 unspecified atom stereocenters. The van der Waals surface area contributed by atoms with E-state index in [0.717, 1.165) is 37.9 Å². The van der Waals surface area contributed by atoms with Gasteiger partial charge in [-0.15, -0.1) is 0 Å². The van der Waals surface area contributed by atoms with Crippen molar-refractivity contribution >= 4 is 5.91 Å². The Hall–Kier alpha value is -2.80. The van der Waals surface area contributed by atoms with Crippen LogP contribution in [-0.2, 0) is 11.3 Å². The molecule has 2 aliphatic rings. The van der Waals surface area contributed by atoms with Gasteiger partial charge in [0.25, 0.3) is 0 Å². The zero-order valence-corrected chi connectivity index (χ0v) is 16.9. The molecular weight excluding hydrogens is 370 g/mol. The lowest BCUT2D eigenvalue weighted by Gasteiger charge is -2.23. The second kappa shape index (κ2) is 8.29. The fourth-order valence-electron chi connectivity index (χ4n) is 4.11. The first-order chi connectivity index (χ1) is 14.1. The average molecular weight is 397 g/mol. The van der Waals surface area contributed by atoms with Crippen LogP contribution in [0.25, 0.3) is 0 Å². The molecule has 4 rings (SSSR count). The first kappa shape index (κ1) is 19.5. The van der Waals surface area contributed by atoms with Gasteiger partial charge in [-0.3, -0.25) is 4.79 Å². The highest BCUT2D eigenvalue weighted by Gasteiger charge is 2.57. The van der Waals surface area contributed by atoms with Crippen molar-refractivity contribution in [3.05, 3.63) is 42.1 Å². The Balaban J connectivity index is 1.34. The molecule has 2 aromatic rings. The van der Waals surface area contributed by atoms with E-state index in [0.29, 0.717) is 29.7 Å². The van der Waals surface area contributed by atoms with E-state index in [1.165, 1.54) is 0 Å². The Morgan fingerprint density at radius 2 is 1.90 bits per heavy atom. The molecule has 7 nitrogen and oxygen atoms in total. The Morgan fingerprint density at radius 1 is 1.17 bits per heavy atom. The minimum absolute atomic E-state index is 0.158. The number of nitrogens with zero attached hydrogens (tertiary/aromatic N) is 1. The van der Waals surface area contributed by atoms with Gasteiger partial charge in [0.2, 0.25) is 17.5 Å². The smallest absolute Gasteiger partial charge is 0.223 e. The van der Waals surface area contributed by atoms with Crippen LogP contribution in [0.1, 0.15) is 24.8 Å². The number of carbonyl (C=O) groups excluding carboxylic acids is 1. The van der Waals surface area contributed by atoms with E-state index in [2.05, 4.69) is 15.6 Å². The van der Waals surface area contributed by atoms with Gasteiger partial charge in [0, 0.05) is 24.7 Å². The lowest BCUT2D eigenvalue weighted by Crippen LogP contribution is -2.33. The van der Waals surface area contributed by atoms with Crippen LogP contribution in [0.5, 0.6) is 23.1 Å². The van der Waals surface area contributed by atoms with Crippen molar-refractivity contribution in [3.8, 4) is 23.1 Å². The molecule has 1 atom stereocenters. The molecule has 2 heterocycles. The molecular formula is C22H27N3O4. The summed E-state index contributed by atoms with van der Waals surface area (Å²) in [6.07, 6.45) is 4.94. The van der Waals surface area contributed by atoms with Gasteiger partial charge in [0.05, 0.1) is 14.2 Å². The van der Waals surface area contributed by atoms with Crippen molar-refractivity contribution in [1.82, 2.24) is 15.6 Å². The molecule has 1 spiro atoms. The zero-order chi connectivity index (χ0) is 20.3. The van der Waals surface area contributed by atoms with Gasteiger partial charge >= 0.3 is 0 Å². The van der Waals surface area contributed by atoms with Gasteiger partial charge in [-0.2, -0.15) is 0 Å². The molecule has 2 fully saturated rings. The van der Waals surface area contributed by atoms with E-state index in [4.69, 9.17) is 14.2 Å². The molecule has 1 saturated heterocycles.